The van der Waals surface area contributed by atoms with Crippen LogP contribution in [0.4, 0.5) is 10.5 Å². The molecule has 0 spiro atoms. The molecule has 0 radical (unpaired) electrons. The number of hydrogen-bond acceptors (Lipinski definition) is 4. The Morgan fingerprint density at radius 3 is 2.50 bits per heavy atom. The van der Waals surface area contributed by atoms with Gasteiger partial charge in [-0.05, 0) is 51.1 Å². The highest BCUT2D eigenvalue weighted by Gasteiger charge is 2.22. The average Bonchev–Trinajstić information content (AvgIpc) is 3.28. The molecular formula is C19H28N6O. The van der Waals surface area contributed by atoms with E-state index in [0.29, 0.717) is 0 Å². The zero-order valence-corrected chi connectivity index (χ0v) is 15.5. The van der Waals surface area contributed by atoms with Crippen LogP contribution < -0.4 is 5.32 Å². The molecule has 0 bridgehead atoms. The SMILES string of the molecule is Cc1nc2ccc(NC(=O)N3CCN(CCN4CCCC4)CC3)cc2[nH]1. The van der Waals surface area contributed by atoms with Gasteiger partial charge in [-0.1, -0.05) is 0 Å². The Labute approximate surface area is 154 Å². The van der Waals surface area contributed by atoms with Crippen molar-refractivity contribution in [3.63, 3.8) is 0 Å². The number of aromatic amines is 1. The fourth-order valence-corrected chi connectivity index (χ4v) is 3.88. The number of carbonyl (C=O) groups is 1. The molecule has 1 aromatic heterocycles. The molecule has 2 aromatic rings. The number of piperazine rings is 1. The van der Waals surface area contributed by atoms with E-state index in [1.165, 1.54) is 25.9 Å². The molecule has 26 heavy (non-hydrogen) atoms. The van der Waals surface area contributed by atoms with Crippen LogP contribution in [0.5, 0.6) is 0 Å². The van der Waals surface area contributed by atoms with E-state index in [1.807, 2.05) is 30.0 Å². The summed E-state index contributed by atoms with van der Waals surface area (Å²) in [6.45, 7) is 10.2. The van der Waals surface area contributed by atoms with Crippen LogP contribution in [0.15, 0.2) is 18.2 Å². The molecule has 140 valence electrons. The number of nitrogens with zero attached hydrogens (tertiary/aromatic N) is 4. The lowest BCUT2D eigenvalue weighted by molar-refractivity contribution is 0.137. The molecule has 3 heterocycles. The first-order valence-electron chi connectivity index (χ1n) is 9.64. The molecule has 2 aliphatic heterocycles. The first-order valence-corrected chi connectivity index (χ1v) is 9.64. The fourth-order valence-electron chi connectivity index (χ4n) is 3.88. The third-order valence-corrected chi connectivity index (χ3v) is 5.44. The van der Waals surface area contributed by atoms with Crippen LogP contribution in [0.2, 0.25) is 0 Å². The highest BCUT2D eigenvalue weighted by molar-refractivity contribution is 5.92. The Kier molecular flexibility index (Phi) is 5.08. The topological polar surface area (TPSA) is 67.5 Å². The van der Waals surface area contributed by atoms with Crippen molar-refractivity contribution < 1.29 is 4.79 Å². The number of hydrogen-bond donors (Lipinski definition) is 2. The molecule has 0 aliphatic carbocycles. The molecule has 2 saturated heterocycles. The second-order valence-corrected chi connectivity index (χ2v) is 7.36. The second-order valence-electron chi connectivity index (χ2n) is 7.36. The van der Waals surface area contributed by atoms with Crippen LogP contribution in [-0.4, -0.2) is 83.1 Å². The van der Waals surface area contributed by atoms with E-state index in [4.69, 9.17) is 0 Å². The number of aromatic nitrogens is 2. The highest BCUT2D eigenvalue weighted by atomic mass is 16.2. The minimum Gasteiger partial charge on any atom is -0.342 e. The normalized spacial score (nSPS) is 19.3. The number of imidazole rings is 1. The number of amides is 2. The predicted octanol–water partition coefficient (Wildman–Crippen LogP) is 2.12. The van der Waals surface area contributed by atoms with Crippen LogP contribution in [0, 0.1) is 6.92 Å². The number of likely N-dealkylation sites (tertiary alicyclic amines) is 1. The van der Waals surface area contributed by atoms with E-state index in [1.54, 1.807) is 0 Å². The van der Waals surface area contributed by atoms with Gasteiger partial charge in [0, 0.05) is 45.0 Å². The number of urea groups is 1. The smallest absolute Gasteiger partial charge is 0.321 e. The maximum absolute atomic E-state index is 12.5. The van der Waals surface area contributed by atoms with Gasteiger partial charge < -0.3 is 20.1 Å². The summed E-state index contributed by atoms with van der Waals surface area (Å²) in [4.78, 5) is 27.1. The van der Waals surface area contributed by atoms with E-state index in [9.17, 15) is 4.79 Å². The molecule has 7 heteroatoms. The van der Waals surface area contributed by atoms with E-state index < -0.39 is 0 Å². The van der Waals surface area contributed by atoms with Crippen molar-refractivity contribution in [2.75, 3.05) is 57.7 Å². The lowest BCUT2D eigenvalue weighted by atomic mass is 10.2. The van der Waals surface area contributed by atoms with Gasteiger partial charge in [0.1, 0.15) is 5.82 Å². The molecule has 0 saturated carbocycles. The fraction of sp³-hybridized carbons (Fsp3) is 0.579. The van der Waals surface area contributed by atoms with Crippen LogP contribution in [0.1, 0.15) is 18.7 Å². The van der Waals surface area contributed by atoms with Gasteiger partial charge in [0.05, 0.1) is 11.0 Å². The van der Waals surface area contributed by atoms with Crippen molar-refractivity contribution in [3.8, 4) is 0 Å². The molecular weight excluding hydrogens is 328 g/mol. The summed E-state index contributed by atoms with van der Waals surface area (Å²) in [5.41, 5.74) is 2.68. The molecule has 1 aromatic carbocycles. The molecule has 2 fully saturated rings. The van der Waals surface area contributed by atoms with Crippen molar-refractivity contribution in [2.45, 2.75) is 19.8 Å². The van der Waals surface area contributed by atoms with Gasteiger partial charge in [0.25, 0.3) is 0 Å². The van der Waals surface area contributed by atoms with E-state index >= 15 is 0 Å². The maximum atomic E-state index is 12.5. The second kappa shape index (κ2) is 7.63. The van der Waals surface area contributed by atoms with Crippen molar-refractivity contribution in [1.29, 1.82) is 0 Å². The van der Waals surface area contributed by atoms with Crippen LogP contribution in [0.25, 0.3) is 11.0 Å². The van der Waals surface area contributed by atoms with Gasteiger partial charge in [-0.25, -0.2) is 9.78 Å². The van der Waals surface area contributed by atoms with Crippen molar-refractivity contribution in [1.82, 2.24) is 24.7 Å². The molecule has 7 nitrogen and oxygen atoms in total. The third kappa shape index (κ3) is 3.99. The maximum Gasteiger partial charge on any atom is 0.321 e. The minimum absolute atomic E-state index is 0.0141. The van der Waals surface area contributed by atoms with Crippen LogP contribution in [-0.2, 0) is 0 Å². The summed E-state index contributed by atoms with van der Waals surface area (Å²) >= 11 is 0. The number of H-pyrrole nitrogens is 1. The van der Waals surface area contributed by atoms with Crippen molar-refractivity contribution in [2.24, 2.45) is 0 Å². The zero-order valence-electron chi connectivity index (χ0n) is 15.5. The van der Waals surface area contributed by atoms with Crippen LogP contribution >= 0.6 is 0 Å². The number of carbonyl (C=O) groups excluding carboxylic acids is 1. The van der Waals surface area contributed by atoms with Crippen LogP contribution in [0.3, 0.4) is 0 Å². The molecule has 2 aliphatic rings. The lowest BCUT2D eigenvalue weighted by Crippen LogP contribution is -2.51. The standard InChI is InChI=1S/C19H28N6O/c1-15-20-17-5-4-16(14-18(17)21-15)22-19(26)25-12-10-24(11-13-25)9-8-23-6-2-3-7-23/h4-5,14H,2-3,6-13H2,1H3,(H,20,21)(H,22,26). The summed E-state index contributed by atoms with van der Waals surface area (Å²) in [6, 6.07) is 5.77. The quantitative estimate of drug-likeness (QED) is 0.881. The summed E-state index contributed by atoms with van der Waals surface area (Å²) in [6.07, 6.45) is 2.69. The predicted molar refractivity (Wildman–Crippen MR) is 104 cm³/mol. The Morgan fingerprint density at radius 1 is 1.08 bits per heavy atom. The monoisotopic (exact) mass is 356 g/mol. The van der Waals surface area contributed by atoms with E-state index in [-0.39, 0.29) is 6.03 Å². The zero-order chi connectivity index (χ0) is 17.9. The molecule has 0 unspecified atom stereocenters. The van der Waals surface area contributed by atoms with Gasteiger partial charge in [0.2, 0.25) is 0 Å². The summed E-state index contributed by atoms with van der Waals surface area (Å²) in [7, 11) is 0. The van der Waals surface area contributed by atoms with Gasteiger partial charge >= 0.3 is 6.03 Å². The molecule has 2 N–H and O–H groups in total. The van der Waals surface area contributed by atoms with Crippen molar-refractivity contribution >= 4 is 22.8 Å². The molecule has 4 rings (SSSR count). The minimum atomic E-state index is -0.0141. The lowest BCUT2D eigenvalue weighted by Gasteiger charge is -2.35. The highest BCUT2D eigenvalue weighted by Crippen LogP contribution is 2.18. The number of anilines is 1. The van der Waals surface area contributed by atoms with Gasteiger partial charge in [-0.15, -0.1) is 0 Å². The summed E-state index contributed by atoms with van der Waals surface area (Å²) in [5, 5.41) is 3.02. The Balaban J connectivity index is 1.26. The Morgan fingerprint density at radius 2 is 1.77 bits per heavy atom. The summed E-state index contributed by atoms with van der Waals surface area (Å²) < 4.78 is 0. The number of aryl methyl sites for hydroxylation is 1. The third-order valence-electron chi connectivity index (χ3n) is 5.44. The largest absolute Gasteiger partial charge is 0.342 e. The van der Waals surface area contributed by atoms with Gasteiger partial charge in [-0.3, -0.25) is 4.90 Å². The Bertz CT molecular complexity index is 758. The number of nitrogens with one attached hydrogen (secondary N) is 2. The van der Waals surface area contributed by atoms with Gasteiger partial charge in [0.15, 0.2) is 0 Å². The number of rotatable bonds is 4. The van der Waals surface area contributed by atoms with E-state index in [0.717, 1.165) is 61.8 Å². The first-order chi connectivity index (χ1) is 12.7. The first kappa shape index (κ1) is 17.3. The van der Waals surface area contributed by atoms with Gasteiger partial charge in [-0.2, -0.15) is 0 Å². The number of fused-ring (bicyclic) bond motifs is 1. The van der Waals surface area contributed by atoms with E-state index in [2.05, 4.69) is 25.1 Å². The summed E-state index contributed by atoms with van der Waals surface area (Å²) in [5.74, 6) is 0.883. The molecule has 0 atom stereocenters. The van der Waals surface area contributed by atoms with Crippen molar-refractivity contribution in [3.05, 3.63) is 24.0 Å². The Hall–Kier alpha value is -2.12. The number of benzene rings is 1. The average molecular weight is 356 g/mol. The molecule has 2 amide bonds.